The molecule has 3 aliphatic heterocycles. The molecule has 58 heavy (non-hydrogen) atoms. The summed E-state index contributed by atoms with van der Waals surface area (Å²) in [5, 5.41) is 10.7. The van der Waals surface area contributed by atoms with E-state index in [4.69, 9.17) is 9.97 Å². The zero-order chi connectivity index (χ0) is 40.2. The summed E-state index contributed by atoms with van der Waals surface area (Å²) < 4.78 is 2.24. The van der Waals surface area contributed by atoms with E-state index in [0.717, 1.165) is 63.4 Å². The van der Waals surface area contributed by atoms with Crippen molar-refractivity contribution in [2.24, 2.45) is 0 Å². The van der Waals surface area contributed by atoms with E-state index in [1.807, 2.05) is 41.4 Å². The Morgan fingerprint density at radius 3 is 2.48 bits per heavy atom. The average Bonchev–Trinajstić information content (AvgIpc) is 3.91. The first-order valence-electron chi connectivity index (χ1n) is 19.7. The molecule has 1 saturated carbocycles. The number of carbonyl (C=O) groups is 6. The van der Waals surface area contributed by atoms with Gasteiger partial charge in [-0.3, -0.25) is 49.0 Å². The van der Waals surface area contributed by atoms with Crippen molar-refractivity contribution in [1.82, 2.24) is 40.0 Å². The number of carbonyl (C=O) groups excluding carboxylic acids is 6. The summed E-state index contributed by atoms with van der Waals surface area (Å²) >= 11 is 0. The number of benzene rings is 2. The van der Waals surface area contributed by atoms with Gasteiger partial charge >= 0.3 is 0 Å². The second kappa shape index (κ2) is 14.6. The monoisotopic (exact) mass is 779 g/mol. The summed E-state index contributed by atoms with van der Waals surface area (Å²) in [6.07, 6.45) is 6.42. The van der Waals surface area contributed by atoms with E-state index < -0.39 is 29.7 Å². The number of pyridine rings is 2. The third kappa shape index (κ3) is 6.45. The fourth-order valence-electron chi connectivity index (χ4n) is 8.77. The van der Waals surface area contributed by atoms with Crippen LogP contribution >= 0.6 is 0 Å². The van der Waals surface area contributed by atoms with Gasteiger partial charge in [0.1, 0.15) is 17.6 Å². The normalized spacial score (nSPS) is 20.3. The van der Waals surface area contributed by atoms with Crippen LogP contribution in [0.4, 0.5) is 5.69 Å². The van der Waals surface area contributed by atoms with Crippen LogP contribution in [-0.2, 0) is 33.9 Å². The van der Waals surface area contributed by atoms with Gasteiger partial charge in [0.2, 0.25) is 17.7 Å². The summed E-state index contributed by atoms with van der Waals surface area (Å²) in [6, 6.07) is 15.3. The first-order chi connectivity index (χ1) is 28.1. The number of piperidine rings is 1. The highest BCUT2D eigenvalue weighted by Crippen LogP contribution is 2.36. The Balaban J connectivity index is 0.856. The van der Waals surface area contributed by atoms with Crippen LogP contribution in [0.5, 0.6) is 0 Å². The van der Waals surface area contributed by atoms with Crippen molar-refractivity contribution in [3.8, 4) is 22.5 Å². The van der Waals surface area contributed by atoms with Gasteiger partial charge in [-0.05, 0) is 61.4 Å². The largest absolute Gasteiger partial charge is 0.382 e. The highest BCUT2D eigenvalue weighted by atomic mass is 16.2. The molecule has 15 heteroatoms. The molecular formula is C43H41N9O6. The van der Waals surface area contributed by atoms with Crippen LogP contribution in [0.2, 0.25) is 0 Å². The molecular weight excluding hydrogens is 739 g/mol. The van der Waals surface area contributed by atoms with Crippen molar-refractivity contribution in [1.29, 1.82) is 0 Å². The molecule has 3 aromatic heterocycles. The molecule has 6 amide bonds. The van der Waals surface area contributed by atoms with E-state index in [1.165, 1.54) is 0 Å². The van der Waals surface area contributed by atoms with Gasteiger partial charge in [0.15, 0.2) is 0 Å². The van der Waals surface area contributed by atoms with Gasteiger partial charge in [-0.1, -0.05) is 31.2 Å². The Morgan fingerprint density at radius 1 is 0.897 bits per heavy atom. The number of anilines is 1. The lowest BCUT2D eigenvalue weighted by Crippen LogP contribution is -2.54. The molecule has 1 saturated heterocycles. The van der Waals surface area contributed by atoms with Crippen molar-refractivity contribution in [2.45, 2.75) is 83.6 Å². The van der Waals surface area contributed by atoms with Crippen LogP contribution in [0.3, 0.4) is 0 Å². The van der Waals surface area contributed by atoms with Gasteiger partial charge < -0.3 is 20.1 Å². The van der Waals surface area contributed by atoms with Crippen molar-refractivity contribution < 1.29 is 28.8 Å². The Hall–Kier alpha value is -6.77. The molecule has 5 aromatic rings. The Labute approximate surface area is 333 Å². The number of nitrogens with one attached hydrogen (secondary N) is 3. The van der Waals surface area contributed by atoms with E-state index in [0.29, 0.717) is 37.3 Å². The van der Waals surface area contributed by atoms with Crippen LogP contribution in [0.1, 0.15) is 88.7 Å². The van der Waals surface area contributed by atoms with Gasteiger partial charge in [-0.2, -0.15) is 0 Å². The van der Waals surface area contributed by atoms with Crippen molar-refractivity contribution in [3.05, 3.63) is 95.3 Å². The molecule has 9 rings (SSSR count). The lowest BCUT2D eigenvalue weighted by atomic mass is 10.0. The molecule has 3 atom stereocenters. The minimum absolute atomic E-state index is 0.0480. The molecule has 2 aromatic carbocycles. The van der Waals surface area contributed by atoms with Gasteiger partial charge in [-0.25, -0.2) is 4.98 Å². The van der Waals surface area contributed by atoms with Gasteiger partial charge in [0, 0.05) is 79.5 Å². The van der Waals surface area contributed by atoms with E-state index in [1.54, 1.807) is 37.4 Å². The number of fused-ring (bicyclic) bond motifs is 3. The second-order valence-corrected chi connectivity index (χ2v) is 15.3. The Bertz CT molecular complexity index is 2570. The summed E-state index contributed by atoms with van der Waals surface area (Å²) in [7, 11) is 0. The number of nitrogens with zero attached hydrogens (tertiary/aromatic N) is 6. The predicted molar refractivity (Wildman–Crippen MR) is 212 cm³/mol. The summed E-state index contributed by atoms with van der Waals surface area (Å²) in [6.45, 7) is 5.59. The first-order valence-corrected chi connectivity index (χ1v) is 19.7. The number of amides is 6. The lowest BCUT2D eigenvalue weighted by molar-refractivity contribution is -0.136. The summed E-state index contributed by atoms with van der Waals surface area (Å²) in [5.41, 5.74) is 5.53. The summed E-state index contributed by atoms with van der Waals surface area (Å²) in [5.74, 6) is -1.46. The maximum Gasteiger partial charge on any atom is 0.270 e. The van der Waals surface area contributed by atoms with E-state index in [9.17, 15) is 28.8 Å². The van der Waals surface area contributed by atoms with Gasteiger partial charge in [0.25, 0.3) is 17.7 Å². The van der Waals surface area contributed by atoms with Crippen LogP contribution in [0.15, 0.2) is 67.0 Å². The predicted octanol–water partition coefficient (Wildman–Crippen LogP) is 4.25. The molecule has 4 aliphatic rings. The Morgan fingerprint density at radius 2 is 1.71 bits per heavy atom. The number of hydrogen-bond donors (Lipinski definition) is 3. The van der Waals surface area contributed by atoms with Crippen molar-refractivity contribution >= 4 is 51.9 Å². The third-order valence-corrected chi connectivity index (χ3v) is 11.8. The summed E-state index contributed by atoms with van der Waals surface area (Å²) in [4.78, 5) is 93.7. The van der Waals surface area contributed by atoms with Crippen LogP contribution < -0.4 is 16.0 Å². The van der Waals surface area contributed by atoms with Crippen molar-refractivity contribution in [2.75, 3.05) is 11.9 Å². The van der Waals surface area contributed by atoms with Crippen LogP contribution in [-0.4, -0.2) is 89.4 Å². The SMILES string of the molecule is CCc1nc(-c2cccc3cc(-c4ccc(C(=O)NC5CCC(Nc6cccc7c6C(=O)N(C6CCC(=O)NC6=O)C7=O)C5)nc4)ncc23)c2n1CCN(C(C)=O)C2. The number of hydrogen-bond acceptors (Lipinski definition) is 10. The smallest absolute Gasteiger partial charge is 0.270 e. The number of imidazole rings is 1. The number of aryl methyl sites for hydroxylation is 1. The molecule has 3 unspecified atom stereocenters. The molecule has 2 fully saturated rings. The molecule has 294 valence electrons. The molecule has 0 bridgehead atoms. The van der Waals surface area contributed by atoms with E-state index in [2.05, 4.69) is 32.4 Å². The highest BCUT2D eigenvalue weighted by Gasteiger charge is 2.46. The maximum absolute atomic E-state index is 13.5. The van der Waals surface area contributed by atoms with Crippen LogP contribution in [0.25, 0.3) is 33.3 Å². The maximum atomic E-state index is 13.5. The molecule has 3 N–H and O–H groups in total. The number of imide groups is 2. The Kier molecular flexibility index (Phi) is 9.29. The zero-order valence-electron chi connectivity index (χ0n) is 32.1. The number of aromatic nitrogens is 4. The molecule has 0 spiro atoms. The fraction of sp³-hybridized carbons (Fsp3) is 0.326. The molecule has 0 radical (unpaired) electrons. The third-order valence-electron chi connectivity index (χ3n) is 11.8. The van der Waals surface area contributed by atoms with Gasteiger partial charge in [-0.15, -0.1) is 0 Å². The molecule has 6 heterocycles. The quantitative estimate of drug-likeness (QED) is 0.192. The standard InChI is InChI=1S/C43H41N9O6/c1-3-36-48-39(35-22-50(23(2)53)16-17-51(35)36)28-7-4-6-24-18-33(45-21-30(24)28)25-10-13-32(44-20-25)40(55)47-27-12-11-26(19-27)46-31-9-5-8-29-38(31)43(58)52(42(29)57)34-14-15-37(54)49-41(34)56/h4-10,13,18,20-21,26-27,34,46H,3,11-12,14-17,19,22H2,1-2H3,(H,47,55)(H,49,54,56). The number of rotatable bonds is 8. The zero-order valence-corrected chi connectivity index (χ0v) is 32.1. The lowest BCUT2D eigenvalue weighted by Gasteiger charge is -2.28. The second-order valence-electron chi connectivity index (χ2n) is 15.3. The van der Waals surface area contributed by atoms with Crippen molar-refractivity contribution in [3.63, 3.8) is 0 Å². The highest BCUT2D eigenvalue weighted by molar-refractivity contribution is 6.25. The van der Waals surface area contributed by atoms with E-state index in [-0.39, 0.29) is 53.6 Å². The minimum atomic E-state index is -1.04. The van der Waals surface area contributed by atoms with E-state index >= 15 is 0 Å². The van der Waals surface area contributed by atoms with Gasteiger partial charge in [0.05, 0.1) is 34.8 Å². The first kappa shape index (κ1) is 36.8. The topological polar surface area (TPSA) is 189 Å². The molecule has 1 aliphatic carbocycles. The minimum Gasteiger partial charge on any atom is -0.382 e. The molecule has 15 nitrogen and oxygen atoms in total. The average molecular weight is 780 g/mol. The van der Waals surface area contributed by atoms with Crippen LogP contribution in [0, 0.1) is 0 Å². The fourth-order valence-corrected chi connectivity index (χ4v) is 8.77.